The third-order valence-electron chi connectivity index (χ3n) is 1.92. The van der Waals surface area contributed by atoms with Crippen molar-refractivity contribution < 1.29 is 13.2 Å². The lowest BCUT2D eigenvalue weighted by molar-refractivity contribution is -0.115. The Balaban J connectivity index is 2.60. The molecule has 1 N–H and O–H groups in total. The van der Waals surface area contributed by atoms with Crippen molar-refractivity contribution in [2.24, 2.45) is 0 Å². The van der Waals surface area contributed by atoms with Gasteiger partial charge in [-0.2, -0.15) is 13.2 Å². The van der Waals surface area contributed by atoms with E-state index in [4.69, 9.17) is 0 Å². The van der Waals surface area contributed by atoms with E-state index in [-0.39, 0.29) is 0 Å². The Bertz CT molecular complexity index is 334. The number of anilines is 1. The molecule has 0 aliphatic rings. The molecule has 5 heteroatoms. The number of hydrogen-bond donors (Lipinski definition) is 1. The molecule has 2 nitrogen and oxygen atoms in total. The number of rotatable bonds is 4. The summed E-state index contributed by atoms with van der Waals surface area (Å²) < 4.78 is 35.9. The summed E-state index contributed by atoms with van der Waals surface area (Å²) in [5, 5.41) is 2.35. The summed E-state index contributed by atoms with van der Waals surface area (Å²) >= 11 is 0. The van der Waals surface area contributed by atoms with Crippen molar-refractivity contribution >= 4 is 5.69 Å². The lowest BCUT2D eigenvalue weighted by atomic mass is 10.2. The minimum Gasteiger partial charge on any atom is -0.376 e. The standard InChI is InChI=1S/C11H15F3N2/c1-16(2)7-9-4-3-5-10(6-9)15-8-11(12,13)14/h3-6,15H,7-8H2,1-2H3. The van der Waals surface area contributed by atoms with Gasteiger partial charge in [-0.1, -0.05) is 12.1 Å². The van der Waals surface area contributed by atoms with Gasteiger partial charge < -0.3 is 10.2 Å². The zero-order valence-electron chi connectivity index (χ0n) is 9.30. The largest absolute Gasteiger partial charge is 0.405 e. The van der Waals surface area contributed by atoms with Crippen LogP contribution >= 0.6 is 0 Å². The van der Waals surface area contributed by atoms with E-state index in [0.717, 1.165) is 5.56 Å². The predicted molar refractivity (Wildman–Crippen MR) is 58.4 cm³/mol. The molecule has 0 heterocycles. The smallest absolute Gasteiger partial charge is 0.376 e. The molecule has 1 aromatic carbocycles. The van der Waals surface area contributed by atoms with Gasteiger partial charge in [-0.05, 0) is 31.8 Å². The number of nitrogens with zero attached hydrogens (tertiary/aromatic N) is 1. The second kappa shape index (κ2) is 5.21. The Morgan fingerprint density at radius 1 is 1.25 bits per heavy atom. The van der Waals surface area contributed by atoms with Crippen molar-refractivity contribution in [3.63, 3.8) is 0 Å². The average molecular weight is 232 g/mol. The number of benzene rings is 1. The Morgan fingerprint density at radius 2 is 1.94 bits per heavy atom. The zero-order chi connectivity index (χ0) is 12.2. The Hall–Kier alpha value is -1.23. The molecule has 0 amide bonds. The van der Waals surface area contributed by atoms with E-state index in [2.05, 4.69) is 5.32 Å². The first-order valence-electron chi connectivity index (χ1n) is 4.91. The fraction of sp³-hybridized carbons (Fsp3) is 0.455. The first-order chi connectivity index (χ1) is 7.37. The van der Waals surface area contributed by atoms with Crippen molar-refractivity contribution in [2.45, 2.75) is 12.7 Å². The number of alkyl halides is 3. The quantitative estimate of drug-likeness (QED) is 0.858. The van der Waals surface area contributed by atoms with Crippen LogP contribution in [0.25, 0.3) is 0 Å². The van der Waals surface area contributed by atoms with Gasteiger partial charge >= 0.3 is 6.18 Å². The molecule has 0 aliphatic heterocycles. The fourth-order valence-electron chi connectivity index (χ4n) is 1.35. The summed E-state index contributed by atoms with van der Waals surface area (Å²) in [5.74, 6) is 0. The molecule has 0 bridgehead atoms. The summed E-state index contributed by atoms with van der Waals surface area (Å²) in [6, 6.07) is 6.99. The van der Waals surface area contributed by atoms with E-state index in [1.54, 1.807) is 18.2 Å². The molecule has 0 unspecified atom stereocenters. The minimum atomic E-state index is -4.18. The van der Waals surface area contributed by atoms with Crippen LogP contribution in [0.1, 0.15) is 5.56 Å². The molecule has 1 aromatic rings. The van der Waals surface area contributed by atoms with Crippen LogP contribution in [0.15, 0.2) is 24.3 Å². The van der Waals surface area contributed by atoms with E-state index in [1.165, 1.54) is 0 Å². The van der Waals surface area contributed by atoms with Crippen molar-refractivity contribution in [1.82, 2.24) is 4.90 Å². The SMILES string of the molecule is CN(C)Cc1cccc(NCC(F)(F)F)c1. The van der Waals surface area contributed by atoms with E-state index in [0.29, 0.717) is 12.2 Å². The average Bonchev–Trinajstić information content (AvgIpc) is 2.13. The Labute approximate surface area is 93.1 Å². The fourth-order valence-corrected chi connectivity index (χ4v) is 1.35. The molecule has 90 valence electrons. The molecule has 0 saturated heterocycles. The second-order valence-corrected chi connectivity index (χ2v) is 3.91. The highest BCUT2D eigenvalue weighted by Gasteiger charge is 2.26. The summed E-state index contributed by atoms with van der Waals surface area (Å²) in [6.07, 6.45) is -4.18. The summed E-state index contributed by atoms with van der Waals surface area (Å²) in [7, 11) is 3.83. The van der Waals surface area contributed by atoms with Gasteiger partial charge in [0.1, 0.15) is 6.54 Å². The second-order valence-electron chi connectivity index (χ2n) is 3.91. The van der Waals surface area contributed by atoms with Gasteiger partial charge in [0.15, 0.2) is 0 Å². The van der Waals surface area contributed by atoms with E-state index in [9.17, 15) is 13.2 Å². The molecular formula is C11H15F3N2. The molecule has 0 aromatic heterocycles. The Morgan fingerprint density at radius 3 is 2.50 bits per heavy atom. The van der Waals surface area contributed by atoms with Crippen molar-refractivity contribution in [1.29, 1.82) is 0 Å². The minimum absolute atomic E-state index is 0.497. The van der Waals surface area contributed by atoms with E-state index >= 15 is 0 Å². The summed E-state index contributed by atoms with van der Waals surface area (Å²) in [5.41, 5.74) is 1.48. The van der Waals surface area contributed by atoms with Crippen LogP contribution in [0.4, 0.5) is 18.9 Å². The highest BCUT2D eigenvalue weighted by atomic mass is 19.4. The van der Waals surface area contributed by atoms with Crippen LogP contribution < -0.4 is 5.32 Å². The van der Waals surface area contributed by atoms with Crippen LogP contribution in [0, 0.1) is 0 Å². The van der Waals surface area contributed by atoms with E-state index < -0.39 is 12.7 Å². The van der Waals surface area contributed by atoms with Crippen LogP contribution in [-0.2, 0) is 6.54 Å². The molecule has 0 spiro atoms. The first-order valence-corrected chi connectivity index (χ1v) is 4.91. The number of hydrogen-bond acceptors (Lipinski definition) is 2. The van der Waals surface area contributed by atoms with Gasteiger partial charge in [0.25, 0.3) is 0 Å². The number of nitrogens with one attached hydrogen (secondary N) is 1. The maximum absolute atomic E-state index is 12.0. The third kappa shape index (κ3) is 5.02. The van der Waals surface area contributed by atoms with Gasteiger partial charge in [-0.15, -0.1) is 0 Å². The maximum Gasteiger partial charge on any atom is 0.405 e. The molecule has 0 aliphatic carbocycles. The summed E-state index contributed by atoms with van der Waals surface area (Å²) in [4.78, 5) is 1.96. The monoisotopic (exact) mass is 232 g/mol. The first kappa shape index (κ1) is 12.8. The predicted octanol–water partition coefficient (Wildman–Crippen LogP) is 2.72. The number of halogens is 3. The molecule has 1 rings (SSSR count). The molecule has 16 heavy (non-hydrogen) atoms. The van der Waals surface area contributed by atoms with Crippen LogP contribution in [-0.4, -0.2) is 31.7 Å². The third-order valence-corrected chi connectivity index (χ3v) is 1.92. The Kier molecular flexibility index (Phi) is 4.18. The van der Waals surface area contributed by atoms with Gasteiger partial charge in [-0.3, -0.25) is 0 Å². The molecule has 0 fully saturated rings. The van der Waals surface area contributed by atoms with Crippen molar-refractivity contribution in [3.05, 3.63) is 29.8 Å². The topological polar surface area (TPSA) is 15.3 Å². The maximum atomic E-state index is 12.0. The van der Waals surface area contributed by atoms with Crippen molar-refractivity contribution in [3.8, 4) is 0 Å². The highest BCUT2D eigenvalue weighted by Crippen LogP contribution is 2.17. The lowest BCUT2D eigenvalue weighted by Gasteiger charge is -2.13. The van der Waals surface area contributed by atoms with Crippen molar-refractivity contribution in [2.75, 3.05) is 26.0 Å². The summed E-state index contributed by atoms with van der Waals surface area (Å²) in [6.45, 7) is -0.292. The lowest BCUT2D eigenvalue weighted by Crippen LogP contribution is -2.21. The van der Waals surface area contributed by atoms with Gasteiger partial charge in [0, 0.05) is 12.2 Å². The van der Waals surface area contributed by atoms with Crippen LogP contribution in [0.2, 0.25) is 0 Å². The van der Waals surface area contributed by atoms with Gasteiger partial charge in [0.05, 0.1) is 0 Å². The molecule has 0 radical (unpaired) electrons. The molecule has 0 saturated carbocycles. The van der Waals surface area contributed by atoms with E-state index in [1.807, 2.05) is 25.1 Å². The molecular weight excluding hydrogens is 217 g/mol. The van der Waals surface area contributed by atoms with Crippen LogP contribution in [0.5, 0.6) is 0 Å². The molecule has 0 atom stereocenters. The highest BCUT2D eigenvalue weighted by molar-refractivity contribution is 5.45. The van der Waals surface area contributed by atoms with Gasteiger partial charge in [-0.25, -0.2) is 0 Å². The zero-order valence-corrected chi connectivity index (χ0v) is 9.30. The normalized spacial score (nSPS) is 11.9. The van der Waals surface area contributed by atoms with Crippen LogP contribution in [0.3, 0.4) is 0 Å². The van der Waals surface area contributed by atoms with Gasteiger partial charge in [0.2, 0.25) is 0 Å².